The van der Waals surface area contributed by atoms with E-state index in [0.29, 0.717) is 0 Å². The van der Waals surface area contributed by atoms with Crippen LogP contribution >= 0.6 is 0 Å². The molecule has 2 heteroatoms. The van der Waals surface area contributed by atoms with Gasteiger partial charge in [-0.05, 0) is 31.1 Å². The lowest BCUT2D eigenvalue weighted by molar-refractivity contribution is 0.345. The molecule has 0 aromatic heterocycles. The third-order valence-corrected chi connectivity index (χ3v) is 3.93. The van der Waals surface area contributed by atoms with Gasteiger partial charge in [0.2, 0.25) is 0 Å². The average molecular weight is 188 g/mol. The van der Waals surface area contributed by atoms with E-state index in [4.69, 9.17) is 10.5 Å². The molecule has 0 amide bonds. The molecular formula is C12H16N2. The Hall–Kier alpha value is -1.02. The van der Waals surface area contributed by atoms with Crippen molar-refractivity contribution in [3.63, 3.8) is 0 Å². The van der Waals surface area contributed by atoms with Crippen molar-refractivity contribution >= 4 is 0 Å². The standard InChI is InChI=1S/C12H16N2/c13-7-9-4-10(8-14)6-12-3-1-2-11(12)5-9/h9-12H,1-6H2. The molecule has 0 aliphatic heterocycles. The van der Waals surface area contributed by atoms with Crippen molar-refractivity contribution in [1.29, 1.82) is 10.5 Å². The maximum absolute atomic E-state index is 8.99. The number of nitriles is 2. The second-order valence-electron chi connectivity index (χ2n) is 4.81. The number of nitrogens with zero attached hydrogens (tertiary/aromatic N) is 2. The predicted molar refractivity (Wildman–Crippen MR) is 52.9 cm³/mol. The van der Waals surface area contributed by atoms with Gasteiger partial charge in [0.1, 0.15) is 0 Å². The lowest BCUT2D eigenvalue weighted by Crippen LogP contribution is -2.08. The summed E-state index contributed by atoms with van der Waals surface area (Å²) in [6.45, 7) is 0. The van der Waals surface area contributed by atoms with E-state index >= 15 is 0 Å². The minimum Gasteiger partial charge on any atom is -0.198 e. The van der Waals surface area contributed by atoms with Gasteiger partial charge in [-0.1, -0.05) is 19.3 Å². The lowest BCUT2D eigenvalue weighted by atomic mass is 9.88. The summed E-state index contributed by atoms with van der Waals surface area (Å²) >= 11 is 0. The van der Waals surface area contributed by atoms with Crippen LogP contribution in [-0.2, 0) is 0 Å². The van der Waals surface area contributed by atoms with E-state index in [9.17, 15) is 0 Å². The number of hydrogen-bond donors (Lipinski definition) is 0. The highest BCUT2D eigenvalue weighted by molar-refractivity contribution is 4.98. The van der Waals surface area contributed by atoms with Crippen LogP contribution in [0.15, 0.2) is 0 Å². The fourth-order valence-corrected chi connectivity index (χ4v) is 3.21. The summed E-state index contributed by atoms with van der Waals surface area (Å²) in [5.41, 5.74) is 0. The fraction of sp³-hybridized carbons (Fsp3) is 0.833. The van der Waals surface area contributed by atoms with E-state index in [0.717, 1.165) is 31.1 Å². The second kappa shape index (κ2) is 4.01. The van der Waals surface area contributed by atoms with Crippen molar-refractivity contribution in [2.45, 2.75) is 38.5 Å². The lowest BCUT2D eigenvalue weighted by Gasteiger charge is -2.16. The molecule has 74 valence electrons. The molecule has 2 rings (SSSR count). The molecule has 2 aliphatic rings. The highest BCUT2D eigenvalue weighted by Gasteiger charge is 2.35. The molecule has 0 heterocycles. The van der Waals surface area contributed by atoms with Crippen LogP contribution in [0.3, 0.4) is 0 Å². The summed E-state index contributed by atoms with van der Waals surface area (Å²) in [6, 6.07) is 4.74. The molecule has 0 N–H and O–H groups in total. The van der Waals surface area contributed by atoms with Crippen LogP contribution in [0.1, 0.15) is 38.5 Å². The first kappa shape index (κ1) is 9.53. The minimum atomic E-state index is 0.146. The van der Waals surface area contributed by atoms with Gasteiger partial charge in [0.15, 0.2) is 0 Å². The van der Waals surface area contributed by atoms with Gasteiger partial charge >= 0.3 is 0 Å². The van der Waals surface area contributed by atoms with Crippen molar-refractivity contribution in [2.75, 3.05) is 0 Å². The predicted octanol–water partition coefficient (Wildman–Crippen LogP) is 2.87. The third kappa shape index (κ3) is 1.75. The normalized spacial score (nSPS) is 41.9. The van der Waals surface area contributed by atoms with Crippen LogP contribution < -0.4 is 0 Å². The number of rotatable bonds is 0. The Labute approximate surface area is 85.5 Å². The van der Waals surface area contributed by atoms with Gasteiger partial charge in [-0.2, -0.15) is 10.5 Å². The third-order valence-electron chi connectivity index (χ3n) is 3.93. The van der Waals surface area contributed by atoms with E-state index in [2.05, 4.69) is 12.1 Å². The molecular weight excluding hydrogens is 172 g/mol. The molecule has 2 aliphatic carbocycles. The van der Waals surface area contributed by atoms with Crippen LogP contribution in [0.5, 0.6) is 0 Å². The van der Waals surface area contributed by atoms with Crippen molar-refractivity contribution in [1.82, 2.24) is 0 Å². The van der Waals surface area contributed by atoms with Gasteiger partial charge in [-0.25, -0.2) is 0 Å². The molecule has 4 atom stereocenters. The Balaban J connectivity index is 2.10. The summed E-state index contributed by atoms with van der Waals surface area (Å²) in [7, 11) is 0. The molecule has 0 saturated heterocycles. The zero-order chi connectivity index (χ0) is 9.97. The Morgan fingerprint density at radius 2 is 1.29 bits per heavy atom. The van der Waals surface area contributed by atoms with Crippen LogP contribution in [0.2, 0.25) is 0 Å². The Morgan fingerprint density at radius 3 is 1.71 bits per heavy atom. The molecule has 0 aromatic carbocycles. The Morgan fingerprint density at radius 1 is 0.786 bits per heavy atom. The molecule has 0 bridgehead atoms. The quantitative estimate of drug-likeness (QED) is 0.586. The zero-order valence-electron chi connectivity index (χ0n) is 8.45. The topological polar surface area (TPSA) is 47.6 Å². The number of fused-ring (bicyclic) bond motifs is 1. The zero-order valence-corrected chi connectivity index (χ0v) is 8.45. The molecule has 2 fully saturated rings. The Bertz CT molecular complexity index is 256. The molecule has 0 aromatic rings. The van der Waals surface area contributed by atoms with Crippen molar-refractivity contribution in [3.05, 3.63) is 0 Å². The molecule has 0 radical (unpaired) electrons. The molecule has 0 spiro atoms. The number of hydrogen-bond acceptors (Lipinski definition) is 2. The van der Waals surface area contributed by atoms with E-state index in [-0.39, 0.29) is 11.8 Å². The van der Waals surface area contributed by atoms with Gasteiger partial charge in [-0.15, -0.1) is 0 Å². The fourth-order valence-electron chi connectivity index (χ4n) is 3.21. The highest BCUT2D eigenvalue weighted by Crippen LogP contribution is 2.44. The summed E-state index contributed by atoms with van der Waals surface area (Å²) in [4.78, 5) is 0. The molecule has 14 heavy (non-hydrogen) atoms. The van der Waals surface area contributed by atoms with Gasteiger partial charge in [-0.3, -0.25) is 0 Å². The second-order valence-corrected chi connectivity index (χ2v) is 4.81. The molecule has 4 unspecified atom stereocenters. The van der Waals surface area contributed by atoms with E-state index in [1.807, 2.05) is 0 Å². The van der Waals surface area contributed by atoms with Crippen molar-refractivity contribution in [3.8, 4) is 12.1 Å². The summed E-state index contributed by atoms with van der Waals surface area (Å²) in [5.74, 6) is 1.79. The average Bonchev–Trinajstić information content (AvgIpc) is 2.56. The maximum Gasteiger partial charge on any atom is 0.0656 e. The summed E-state index contributed by atoms with van der Waals surface area (Å²) < 4.78 is 0. The summed E-state index contributed by atoms with van der Waals surface area (Å²) in [5, 5.41) is 18.0. The highest BCUT2D eigenvalue weighted by atomic mass is 14.4. The van der Waals surface area contributed by atoms with Gasteiger partial charge in [0.25, 0.3) is 0 Å². The Kier molecular flexibility index (Phi) is 2.73. The van der Waals surface area contributed by atoms with Crippen molar-refractivity contribution in [2.24, 2.45) is 23.7 Å². The van der Waals surface area contributed by atoms with Gasteiger partial charge < -0.3 is 0 Å². The first-order valence-electron chi connectivity index (χ1n) is 5.62. The van der Waals surface area contributed by atoms with Crippen molar-refractivity contribution < 1.29 is 0 Å². The molecule has 2 saturated carbocycles. The van der Waals surface area contributed by atoms with E-state index < -0.39 is 0 Å². The monoisotopic (exact) mass is 188 g/mol. The molecule has 2 nitrogen and oxygen atoms in total. The first-order chi connectivity index (χ1) is 6.83. The largest absolute Gasteiger partial charge is 0.198 e. The maximum atomic E-state index is 8.99. The van der Waals surface area contributed by atoms with Crippen LogP contribution in [-0.4, -0.2) is 0 Å². The summed E-state index contributed by atoms with van der Waals surface area (Å²) in [6.07, 6.45) is 6.83. The van der Waals surface area contributed by atoms with E-state index in [1.165, 1.54) is 19.3 Å². The van der Waals surface area contributed by atoms with Gasteiger partial charge in [0, 0.05) is 11.8 Å². The van der Waals surface area contributed by atoms with Crippen LogP contribution in [0, 0.1) is 46.3 Å². The SMILES string of the molecule is N#CC1CC(C#N)CC2CCCC2C1. The van der Waals surface area contributed by atoms with E-state index in [1.54, 1.807) is 0 Å². The first-order valence-corrected chi connectivity index (χ1v) is 5.62. The minimum absolute atomic E-state index is 0.146. The smallest absolute Gasteiger partial charge is 0.0656 e. The van der Waals surface area contributed by atoms with Gasteiger partial charge in [0.05, 0.1) is 12.1 Å². The van der Waals surface area contributed by atoms with Crippen LogP contribution in [0.25, 0.3) is 0 Å². The van der Waals surface area contributed by atoms with Crippen LogP contribution in [0.4, 0.5) is 0 Å².